The zero-order valence-corrected chi connectivity index (χ0v) is 9.49. The first kappa shape index (κ1) is 12.8. The highest BCUT2D eigenvalue weighted by molar-refractivity contribution is 7.99. The van der Waals surface area contributed by atoms with Gasteiger partial charge in [-0.3, -0.25) is 4.79 Å². The molecule has 0 bridgehead atoms. The number of hydrogen-bond donors (Lipinski definition) is 2. The van der Waals surface area contributed by atoms with Gasteiger partial charge in [-0.25, -0.2) is 0 Å². The number of rotatable bonds is 6. The largest absolute Gasteiger partial charge is 0.355 e. The van der Waals surface area contributed by atoms with E-state index in [9.17, 15) is 4.79 Å². The molecule has 78 valence electrons. The van der Waals surface area contributed by atoms with Gasteiger partial charge in [0, 0.05) is 18.3 Å². The minimum Gasteiger partial charge on any atom is -0.355 e. The Morgan fingerprint density at radius 2 is 2.08 bits per heavy atom. The molecule has 0 aliphatic rings. The van der Waals surface area contributed by atoms with Crippen LogP contribution in [0, 0.1) is 5.92 Å². The molecule has 0 radical (unpaired) electrons. The fraction of sp³-hybridized carbons (Fsp3) is 0.889. The van der Waals surface area contributed by atoms with Gasteiger partial charge in [0.25, 0.3) is 0 Å². The van der Waals surface area contributed by atoms with Crippen molar-refractivity contribution in [3.8, 4) is 0 Å². The van der Waals surface area contributed by atoms with E-state index in [4.69, 9.17) is 5.73 Å². The Hall–Kier alpha value is -0.220. The summed E-state index contributed by atoms with van der Waals surface area (Å²) in [6.45, 7) is 6.86. The van der Waals surface area contributed by atoms with Crippen LogP contribution >= 0.6 is 11.8 Å². The predicted octanol–water partition coefficient (Wildman–Crippen LogP) is 0.839. The summed E-state index contributed by atoms with van der Waals surface area (Å²) < 4.78 is 0. The van der Waals surface area contributed by atoms with E-state index in [0.29, 0.717) is 11.7 Å². The fourth-order valence-corrected chi connectivity index (χ4v) is 1.48. The van der Waals surface area contributed by atoms with Crippen LogP contribution in [-0.2, 0) is 4.79 Å². The van der Waals surface area contributed by atoms with Crippen LogP contribution in [0.5, 0.6) is 0 Å². The van der Waals surface area contributed by atoms with Crippen molar-refractivity contribution in [2.75, 3.05) is 18.1 Å². The van der Waals surface area contributed by atoms with Crippen LogP contribution in [0.15, 0.2) is 0 Å². The van der Waals surface area contributed by atoms with Crippen LogP contribution in [0.4, 0.5) is 0 Å². The zero-order chi connectivity index (χ0) is 10.3. The lowest BCUT2D eigenvalue weighted by Gasteiger charge is -2.08. The second-order valence-electron chi connectivity index (χ2n) is 3.69. The molecular formula is C9H20N2OS. The summed E-state index contributed by atoms with van der Waals surface area (Å²) in [5.74, 6) is 1.99. The van der Waals surface area contributed by atoms with Gasteiger partial charge >= 0.3 is 0 Å². The first-order chi connectivity index (χ1) is 6.02. The number of carbonyl (C=O) groups is 1. The molecule has 0 aliphatic heterocycles. The predicted molar refractivity (Wildman–Crippen MR) is 58.8 cm³/mol. The summed E-state index contributed by atoms with van der Waals surface area (Å²) in [6, 6.07) is 0.169. The molecule has 0 aromatic rings. The quantitative estimate of drug-likeness (QED) is 0.674. The van der Waals surface area contributed by atoms with E-state index in [-0.39, 0.29) is 11.9 Å². The molecule has 3 N–H and O–H groups in total. The highest BCUT2D eigenvalue weighted by Crippen LogP contribution is 2.00. The molecule has 1 unspecified atom stereocenters. The second-order valence-corrected chi connectivity index (χ2v) is 4.72. The van der Waals surface area contributed by atoms with Gasteiger partial charge in [-0.2, -0.15) is 11.8 Å². The third-order valence-electron chi connectivity index (χ3n) is 1.32. The topological polar surface area (TPSA) is 55.1 Å². The van der Waals surface area contributed by atoms with Crippen LogP contribution in [0.25, 0.3) is 0 Å². The van der Waals surface area contributed by atoms with Crippen molar-refractivity contribution >= 4 is 17.7 Å². The molecule has 1 amide bonds. The van der Waals surface area contributed by atoms with Crippen LogP contribution in [0.3, 0.4) is 0 Å². The smallest absolute Gasteiger partial charge is 0.230 e. The number of nitrogens with two attached hydrogens (primary N) is 1. The molecule has 0 aromatic carbocycles. The Morgan fingerprint density at radius 1 is 1.46 bits per heavy atom. The average molecular weight is 204 g/mol. The van der Waals surface area contributed by atoms with Crippen LogP contribution in [0.2, 0.25) is 0 Å². The molecule has 0 heterocycles. The van der Waals surface area contributed by atoms with Crippen molar-refractivity contribution in [2.24, 2.45) is 11.7 Å². The van der Waals surface area contributed by atoms with Crippen molar-refractivity contribution in [3.05, 3.63) is 0 Å². The molecule has 0 rings (SSSR count). The maximum Gasteiger partial charge on any atom is 0.230 e. The Kier molecular flexibility index (Phi) is 7.09. The first-order valence-electron chi connectivity index (χ1n) is 4.62. The average Bonchev–Trinajstić information content (AvgIpc) is 2.00. The van der Waals surface area contributed by atoms with Crippen LogP contribution in [-0.4, -0.2) is 30.0 Å². The summed E-state index contributed by atoms with van der Waals surface area (Å²) in [6.07, 6.45) is 0. The lowest BCUT2D eigenvalue weighted by Crippen LogP contribution is -2.29. The summed E-state index contributed by atoms with van der Waals surface area (Å²) in [5.41, 5.74) is 5.55. The van der Waals surface area contributed by atoms with Gasteiger partial charge in [0.2, 0.25) is 5.91 Å². The normalized spacial score (nSPS) is 13.0. The Morgan fingerprint density at radius 3 is 2.54 bits per heavy atom. The lowest BCUT2D eigenvalue weighted by atomic mass is 10.2. The Bertz CT molecular complexity index is 149. The van der Waals surface area contributed by atoms with Crippen molar-refractivity contribution in [3.63, 3.8) is 0 Å². The van der Waals surface area contributed by atoms with E-state index in [1.54, 1.807) is 11.8 Å². The van der Waals surface area contributed by atoms with E-state index in [1.807, 2.05) is 6.92 Å². The highest BCUT2D eigenvalue weighted by Gasteiger charge is 2.02. The van der Waals surface area contributed by atoms with Crippen molar-refractivity contribution in [1.29, 1.82) is 0 Å². The maximum atomic E-state index is 11.2. The minimum absolute atomic E-state index is 0.111. The summed E-state index contributed by atoms with van der Waals surface area (Å²) in [5, 5.41) is 2.86. The molecule has 4 heteroatoms. The molecule has 0 saturated heterocycles. The number of carbonyl (C=O) groups excluding carboxylic acids is 1. The molecule has 0 saturated carbocycles. The van der Waals surface area contributed by atoms with Gasteiger partial charge in [-0.05, 0) is 12.8 Å². The van der Waals surface area contributed by atoms with Crippen LogP contribution < -0.4 is 11.1 Å². The van der Waals surface area contributed by atoms with Gasteiger partial charge in [-0.15, -0.1) is 0 Å². The molecule has 13 heavy (non-hydrogen) atoms. The molecule has 0 aromatic heterocycles. The monoisotopic (exact) mass is 204 g/mol. The van der Waals surface area contributed by atoms with Gasteiger partial charge in [-0.1, -0.05) is 13.8 Å². The SMILES string of the molecule is CC(C)CNC(=O)CSCC(C)N. The second kappa shape index (κ2) is 7.21. The lowest BCUT2D eigenvalue weighted by molar-refractivity contribution is -0.118. The van der Waals surface area contributed by atoms with Gasteiger partial charge in [0.1, 0.15) is 0 Å². The molecule has 1 atom stereocenters. The first-order valence-corrected chi connectivity index (χ1v) is 5.78. The highest BCUT2D eigenvalue weighted by atomic mass is 32.2. The van der Waals surface area contributed by atoms with Crippen LogP contribution in [0.1, 0.15) is 20.8 Å². The van der Waals surface area contributed by atoms with Crippen molar-refractivity contribution in [1.82, 2.24) is 5.32 Å². The van der Waals surface area contributed by atoms with Crippen molar-refractivity contribution < 1.29 is 4.79 Å². The van der Waals surface area contributed by atoms with Gasteiger partial charge in [0.05, 0.1) is 5.75 Å². The molecule has 3 nitrogen and oxygen atoms in total. The fourth-order valence-electron chi connectivity index (χ4n) is 0.707. The summed E-state index contributed by atoms with van der Waals surface area (Å²) in [7, 11) is 0. The van der Waals surface area contributed by atoms with E-state index in [1.165, 1.54) is 0 Å². The third-order valence-corrected chi connectivity index (χ3v) is 2.55. The standard InChI is InChI=1S/C9H20N2OS/c1-7(2)4-11-9(12)6-13-5-8(3)10/h7-8H,4-6,10H2,1-3H3,(H,11,12). The third kappa shape index (κ3) is 9.70. The van der Waals surface area contributed by atoms with Crippen molar-refractivity contribution in [2.45, 2.75) is 26.8 Å². The molecule has 0 spiro atoms. The number of thioether (sulfide) groups is 1. The van der Waals surface area contributed by atoms with Gasteiger partial charge in [0.15, 0.2) is 0 Å². The Balaban J connectivity index is 3.30. The van der Waals surface area contributed by atoms with E-state index in [2.05, 4.69) is 19.2 Å². The van der Waals surface area contributed by atoms with E-state index < -0.39 is 0 Å². The molecule has 0 fully saturated rings. The summed E-state index contributed by atoms with van der Waals surface area (Å²) >= 11 is 1.58. The number of hydrogen-bond acceptors (Lipinski definition) is 3. The minimum atomic E-state index is 0.111. The molecular weight excluding hydrogens is 184 g/mol. The number of nitrogens with one attached hydrogen (secondary N) is 1. The van der Waals surface area contributed by atoms with E-state index >= 15 is 0 Å². The number of amides is 1. The molecule has 0 aliphatic carbocycles. The maximum absolute atomic E-state index is 11.2. The van der Waals surface area contributed by atoms with Gasteiger partial charge < -0.3 is 11.1 Å². The Labute approximate surface area is 84.8 Å². The van der Waals surface area contributed by atoms with E-state index in [0.717, 1.165) is 12.3 Å². The summed E-state index contributed by atoms with van der Waals surface area (Å²) in [4.78, 5) is 11.2. The zero-order valence-electron chi connectivity index (χ0n) is 8.67.